The molecule has 0 fully saturated rings. The SMILES string of the molecule is CON(C)C(=O)c1ccc(NC(=O)c2cc3ccccc3c(Cl)n2)cc1. The van der Waals surface area contributed by atoms with Crippen molar-refractivity contribution >= 4 is 39.9 Å². The first-order valence-electron chi connectivity index (χ1n) is 7.78. The van der Waals surface area contributed by atoms with Gasteiger partial charge in [-0.15, -0.1) is 0 Å². The van der Waals surface area contributed by atoms with Crippen molar-refractivity contribution in [2.75, 3.05) is 19.5 Å². The van der Waals surface area contributed by atoms with E-state index in [4.69, 9.17) is 16.4 Å². The lowest BCUT2D eigenvalue weighted by Crippen LogP contribution is -2.25. The molecule has 6 nitrogen and oxygen atoms in total. The summed E-state index contributed by atoms with van der Waals surface area (Å²) in [4.78, 5) is 33.4. The zero-order valence-corrected chi connectivity index (χ0v) is 14.9. The molecule has 0 unspecified atom stereocenters. The van der Waals surface area contributed by atoms with Gasteiger partial charge in [-0.25, -0.2) is 10.0 Å². The molecule has 26 heavy (non-hydrogen) atoms. The second-order valence-corrected chi connectivity index (χ2v) is 5.89. The van der Waals surface area contributed by atoms with E-state index >= 15 is 0 Å². The van der Waals surface area contributed by atoms with Crippen LogP contribution < -0.4 is 5.32 Å². The number of benzene rings is 2. The van der Waals surface area contributed by atoms with Gasteiger partial charge in [0.1, 0.15) is 10.8 Å². The highest BCUT2D eigenvalue weighted by atomic mass is 35.5. The number of carbonyl (C=O) groups is 2. The molecule has 0 saturated carbocycles. The average molecular weight is 370 g/mol. The van der Waals surface area contributed by atoms with Gasteiger partial charge in [-0.05, 0) is 35.7 Å². The molecule has 2 aromatic carbocycles. The Bertz CT molecular complexity index is 973. The van der Waals surface area contributed by atoms with Crippen LogP contribution in [0.1, 0.15) is 20.8 Å². The van der Waals surface area contributed by atoms with E-state index in [1.165, 1.54) is 14.2 Å². The van der Waals surface area contributed by atoms with Crippen molar-refractivity contribution in [3.05, 3.63) is 71.0 Å². The summed E-state index contributed by atoms with van der Waals surface area (Å²) in [6.45, 7) is 0. The number of rotatable bonds is 4. The van der Waals surface area contributed by atoms with E-state index in [-0.39, 0.29) is 22.7 Å². The van der Waals surface area contributed by atoms with Crippen molar-refractivity contribution < 1.29 is 14.4 Å². The first-order chi connectivity index (χ1) is 12.5. The quantitative estimate of drug-likeness (QED) is 0.561. The third kappa shape index (κ3) is 3.66. The first-order valence-corrected chi connectivity index (χ1v) is 8.16. The van der Waals surface area contributed by atoms with E-state index in [0.717, 1.165) is 15.8 Å². The van der Waals surface area contributed by atoms with Crippen LogP contribution in [-0.2, 0) is 4.84 Å². The smallest absolute Gasteiger partial charge is 0.277 e. The van der Waals surface area contributed by atoms with Gasteiger partial charge in [0.25, 0.3) is 11.8 Å². The Kier molecular flexibility index (Phi) is 5.16. The summed E-state index contributed by atoms with van der Waals surface area (Å²) in [6.07, 6.45) is 0. The van der Waals surface area contributed by atoms with Crippen LogP contribution in [0.2, 0.25) is 5.15 Å². The van der Waals surface area contributed by atoms with Crippen molar-refractivity contribution in [2.45, 2.75) is 0 Å². The highest BCUT2D eigenvalue weighted by molar-refractivity contribution is 6.34. The fourth-order valence-electron chi connectivity index (χ4n) is 2.43. The maximum Gasteiger partial charge on any atom is 0.277 e. The minimum atomic E-state index is -0.384. The minimum Gasteiger partial charge on any atom is -0.321 e. The summed E-state index contributed by atoms with van der Waals surface area (Å²) in [7, 11) is 2.93. The monoisotopic (exact) mass is 369 g/mol. The molecule has 0 bridgehead atoms. The van der Waals surface area contributed by atoms with E-state index < -0.39 is 0 Å². The highest BCUT2D eigenvalue weighted by Crippen LogP contribution is 2.23. The molecule has 3 aromatic rings. The van der Waals surface area contributed by atoms with Gasteiger partial charge in [-0.2, -0.15) is 0 Å². The van der Waals surface area contributed by atoms with Gasteiger partial charge in [-0.3, -0.25) is 14.4 Å². The number of nitrogens with one attached hydrogen (secondary N) is 1. The number of hydroxylamine groups is 2. The summed E-state index contributed by atoms with van der Waals surface area (Å²) in [5, 5.41) is 5.76. The van der Waals surface area contributed by atoms with Crippen LogP contribution in [0.5, 0.6) is 0 Å². The first kappa shape index (κ1) is 17.8. The van der Waals surface area contributed by atoms with Gasteiger partial charge in [-0.1, -0.05) is 35.9 Å². The van der Waals surface area contributed by atoms with Crippen molar-refractivity contribution in [2.24, 2.45) is 0 Å². The normalized spacial score (nSPS) is 10.6. The molecule has 132 valence electrons. The molecular weight excluding hydrogens is 354 g/mol. The lowest BCUT2D eigenvalue weighted by Gasteiger charge is -2.13. The van der Waals surface area contributed by atoms with Gasteiger partial charge in [0.15, 0.2) is 0 Å². The van der Waals surface area contributed by atoms with Gasteiger partial charge in [0, 0.05) is 23.7 Å². The number of nitrogens with zero attached hydrogens (tertiary/aromatic N) is 2. The van der Waals surface area contributed by atoms with E-state index in [0.29, 0.717) is 11.3 Å². The van der Waals surface area contributed by atoms with Crippen LogP contribution in [0, 0.1) is 0 Å². The lowest BCUT2D eigenvalue weighted by molar-refractivity contribution is -0.0756. The fourth-order valence-corrected chi connectivity index (χ4v) is 2.69. The van der Waals surface area contributed by atoms with Gasteiger partial charge in [0.05, 0.1) is 7.11 Å². The van der Waals surface area contributed by atoms with Gasteiger partial charge < -0.3 is 5.32 Å². The van der Waals surface area contributed by atoms with Crippen molar-refractivity contribution in [1.29, 1.82) is 0 Å². The van der Waals surface area contributed by atoms with Crippen LogP contribution in [0.4, 0.5) is 5.69 Å². The summed E-state index contributed by atoms with van der Waals surface area (Å²) in [6, 6.07) is 15.6. The van der Waals surface area contributed by atoms with Crippen LogP contribution >= 0.6 is 11.6 Å². The number of anilines is 1. The Morgan fingerprint density at radius 1 is 1.12 bits per heavy atom. The number of carbonyl (C=O) groups excluding carboxylic acids is 2. The van der Waals surface area contributed by atoms with Gasteiger partial charge in [0.2, 0.25) is 0 Å². The molecule has 0 radical (unpaired) electrons. The number of halogens is 1. The molecule has 7 heteroatoms. The lowest BCUT2D eigenvalue weighted by atomic mass is 10.1. The molecule has 3 rings (SSSR count). The predicted molar refractivity (Wildman–Crippen MR) is 100 cm³/mol. The highest BCUT2D eigenvalue weighted by Gasteiger charge is 2.13. The van der Waals surface area contributed by atoms with Gasteiger partial charge >= 0.3 is 0 Å². The number of fused-ring (bicyclic) bond motifs is 1. The molecule has 0 aliphatic rings. The molecule has 1 aromatic heterocycles. The van der Waals surface area contributed by atoms with E-state index in [2.05, 4.69) is 10.3 Å². The Morgan fingerprint density at radius 2 is 1.81 bits per heavy atom. The molecule has 1 heterocycles. The Morgan fingerprint density at radius 3 is 2.50 bits per heavy atom. The molecule has 1 N–H and O–H groups in total. The second-order valence-electron chi connectivity index (χ2n) is 5.54. The molecule has 0 aliphatic carbocycles. The third-order valence-electron chi connectivity index (χ3n) is 3.88. The average Bonchev–Trinajstić information content (AvgIpc) is 2.67. The topological polar surface area (TPSA) is 71.5 Å². The second kappa shape index (κ2) is 7.51. The van der Waals surface area contributed by atoms with E-state index in [1.54, 1.807) is 30.3 Å². The van der Waals surface area contributed by atoms with Crippen LogP contribution in [0.3, 0.4) is 0 Å². The third-order valence-corrected chi connectivity index (χ3v) is 4.16. The van der Waals surface area contributed by atoms with Crippen molar-refractivity contribution in [1.82, 2.24) is 10.0 Å². The minimum absolute atomic E-state index is 0.216. The zero-order valence-electron chi connectivity index (χ0n) is 14.2. The molecule has 0 spiro atoms. The standard InChI is InChI=1S/C19H16ClN3O3/c1-23(26-2)19(25)12-7-9-14(10-8-12)21-18(24)16-11-13-5-3-4-6-15(13)17(20)22-16/h3-11H,1-2H3,(H,21,24). The van der Waals surface area contributed by atoms with Crippen LogP contribution in [0.15, 0.2) is 54.6 Å². The fraction of sp³-hybridized carbons (Fsp3) is 0.105. The van der Waals surface area contributed by atoms with E-state index in [9.17, 15) is 9.59 Å². The summed E-state index contributed by atoms with van der Waals surface area (Å²) in [5.74, 6) is -0.668. The molecule has 0 aliphatic heterocycles. The molecule has 0 atom stereocenters. The Balaban J connectivity index is 1.79. The summed E-state index contributed by atoms with van der Waals surface area (Å²) >= 11 is 6.16. The number of hydrogen-bond donors (Lipinski definition) is 1. The maximum atomic E-state index is 12.5. The largest absolute Gasteiger partial charge is 0.321 e. The predicted octanol–water partition coefficient (Wildman–Crippen LogP) is 3.77. The van der Waals surface area contributed by atoms with E-state index in [1.807, 2.05) is 24.3 Å². The maximum absolute atomic E-state index is 12.5. The van der Waals surface area contributed by atoms with Crippen LogP contribution in [-0.4, -0.2) is 36.0 Å². The van der Waals surface area contributed by atoms with Crippen LogP contribution in [0.25, 0.3) is 10.8 Å². The Labute approximate surface area is 155 Å². The van der Waals surface area contributed by atoms with Crippen molar-refractivity contribution in [3.63, 3.8) is 0 Å². The van der Waals surface area contributed by atoms with Crippen molar-refractivity contribution in [3.8, 4) is 0 Å². The zero-order chi connectivity index (χ0) is 18.7. The number of pyridine rings is 1. The Hall–Kier alpha value is -2.96. The molecular formula is C19H16ClN3O3. The molecule has 2 amide bonds. The number of amides is 2. The number of hydrogen-bond acceptors (Lipinski definition) is 4. The summed E-state index contributed by atoms with van der Waals surface area (Å²) < 4.78 is 0. The summed E-state index contributed by atoms with van der Waals surface area (Å²) in [5.41, 5.74) is 1.20. The molecule has 0 saturated heterocycles. The number of aromatic nitrogens is 1.